The van der Waals surface area contributed by atoms with Crippen LogP contribution in [0.15, 0.2) is 4.52 Å². The largest absolute Gasteiger partial charge is 0.339 e. The average molecular weight is 183 g/mol. The summed E-state index contributed by atoms with van der Waals surface area (Å²) < 4.78 is 4.89. The average Bonchev–Trinajstić information content (AvgIpc) is 2.78. The van der Waals surface area contributed by atoms with Gasteiger partial charge in [-0.15, -0.1) is 0 Å². The van der Waals surface area contributed by atoms with Gasteiger partial charge in [-0.2, -0.15) is 4.98 Å². The topological polar surface area (TPSA) is 82.1 Å². The zero-order valence-corrected chi connectivity index (χ0v) is 7.14. The number of aromatic nitrogens is 2. The minimum absolute atomic E-state index is 0.150. The Labute approximate surface area is 74.1 Å². The molecule has 0 N–H and O–H groups in total. The van der Waals surface area contributed by atoms with Crippen LogP contribution in [0.1, 0.15) is 31.0 Å². The first-order valence-corrected chi connectivity index (χ1v) is 4.18. The summed E-state index contributed by atoms with van der Waals surface area (Å²) in [5.41, 5.74) is 0. The summed E-state index contributed by atoms with van der Waals surface area (Å²) in [6, 6.07) is -0.509. The van der Waals surface area contributed by atoms with Crippen LogP contribution in [-0.4, -0.2) is 21.1 Å². The zero-order valence-electron chi connectivity index (χ0n) is 7.14. The van der Waals surface area contributed by atoms with E-state index in [1.807, 2.05) is 6.92 Å². The Morgan fingerprint density at radius 3 is 3.00 bits per heavy atom. The molecule has 1 fully saturated rings. The number of aryl methyl sites for hydroxylation is 1. The van der Waals surface area contributed by atoms with Crippen LogP contribution in [-0.2, 0) is 6.42 Å². The van der Waals surface area contributed by atoms with Crippen LogP contribution in [0.3, 0.4) is 0 Å². The minimum Gasteiger partial charge on any atom is -0.339 e. The maximum Gasteiger partial charge on any atom is 0.236 e. The smallest absolute Gasteiger partial charge is 0.236 e. The highest BCUT2D eigenvalue weighted by molar-refractivity contribution is 5.08. The Morgan fingerprint density at radius 1 is 1.77 bits per heavy atom. The normalized spacial score (nSPS) is 25.9. The number of hydrogen-bond donors (Lipinski definition) is 0. The van der Waals surface area contributed by atoms with E-state index in [1.165, 1.54) is 0 Å². The fourth-order valence-corrected chi connectivity index (χ4v) is 1.24. The summed E-state index contributed by atoms with van der Waals surface area (Å²) in [4.78, 5) is 14.1. The Morgan fingerprint density at radius 2 is 2.54 bits per heavy atom. The number of nitrogens with zero attached hydrogens (tertiary/aromatic N) is 3. The van der Waals surface area contributed by atoms with Gasteiger partial charge >= 0.3 is 0 Å². The van der Waals surface area contributed by atoms with Crippen molar-refractivity contribution in [3.63, 3.8) is 0 Å². The van der Waals surface area contributed by atoms with E-state index in [4.69, 9.17) is 4.52 Å². The van der Waals surface area contributed by atoms with Gasteiger partial charge in [-0.3, -0.25) is 10.1 Å². The second-order valence-corrected chi connectivity index (χ2v) is 3.10. The summed E-state index contributed by atoms with van der Waals surface area (Å²) in [5, 5.41) is 14.0. The molecule has 1 aliphatic carbocycles. The Balaban J connectivity index is 2.07. The second-order valence-electron chi connectivity index (χ2n) is 3.10. The maximum atomic E-state index is 10.3. The number of hydrogen-bond acceptors (Lipinski definition) is 5. The number of rotatable bonds is 3. The molecule has 6 nitrogen and oxygen atoms in total. The molecule has 2 atom stereocenters. The maximum absolute atomic E-state index is 10.3. The van der Waals surface area contributed by atoms with E-state index in [2.05, 4.69) is 10.1 Å². The van der Waals surface area contributed by atoms with Gasteiger partial charge in [0.2, 0.25) is 11.9 Å². The van der Waals surface area contributed by atoms with Crippen molar-refractivity contribution in [3.05, 3.63) is 21.8 Å². The lowest BCUT2D eigenvalue weighted by molar-refractivity contribution is -0.496. The highest BCUT2D eigenvalue weighted by Crippen LogP contribution is 2.41. The van der Waals surface area contributed by atoms with Crippen molar-refractivity contribution in [1.82, 2.24) is 10.1 Å². The molecule has 1 aliphatic rings. The van der Waals surface area contributed by atoms with Crippen molar-refractivity contribution in [2.75, 3.05) is 0 Å². The van der Waals surface area contributed by atoms with E-state index in [0.717, 1.165) is 0 Å². The molecular formula is C7H9N3O3. The lowest BCUT2D eigenvalue weighted by atomic mass is 10.4. The fraction of sp³-hybridized carbons (Fsp3) is 0.714. The summed E-state index contributed by atoms with van der Waals surface area (Å²) in [7, 11) is 0. The van der Waals surface area contributed by atoms with Gasteiger partial charge in [0.1, 0.15) is 5.92 Å². The van der Waals surface area contributed by atoms with Crippen molar-refractivity contribution in [1.29, 1.82) is 0 Å². The predicted octanol–water partition coefficient (Wildman–Crippen LogP) is 0.765. The van der Waals surface area contributed by atoms with E-state index in [0.29, 0.717) is 24.6 Å². The van der Waals surface area contributed by atoms with Crippen LogP contribution < -0.4 is 0 Å². The van der Waals surface area contributed by atoms with Crippen LogP contribution in [0.5, 0.6) is 0 Å². The van der Waals surface area contributed by atoms with E-state index in [-0.39, 0.29) is 10.8 Å². The SMILES string of the molecule is CCc1noc(C2CC2[N+](=O)[O-])n1. The van der Waals surface area contributed by atoms with Gasteiger partial charge in [-0.25, -0.2) is 0 Å². The van der Waals surface area contributed by atoms with Crippen LogP contribution in [0, 0.1) is 10.1 Å². The van der Waals surface area contributed by atoms with Gasteiger partial charge in [0.25, 0.3) is 0 Å². The molecule has 1 heterocycles. The third-order valence-corrected chi connectivity index (χ3v) is 2.14. The third kappa shape index (κ3) is 1.39. The van der Waals surface area contributed by atoms with E-state index in [9.17, 15) is 10.1 Å². The summed E-state index contributed by atoms with van der Waals surface area (Å²) in [6.07, 6.45) is 1.22. The van der Waals surface area contributed by atoms with Gasteiger partial charge in [-0.05, 0) is 0 Å². The van der Waals surface area contributed by atoms with Gasteiger partial charge in [0, 0.05) is 17.8 Å². The minimum atomic E-state index is -0.509. The molecule has 0 aromatic carbocycles. The Kier molecular flexibility index (Phi) is 1.75. The van der Waals surface area contributed by atoms with Crippen LogP contribution in [0.25, 0.3) is 0 Å². The highest BCUT2D eigenvalue weighted by Gasteiger charge is 2.53. The van der Waals surface area contributed by atoms with Crippen molar-refractivity contribution >= 4 is 0 Å². The first-order chi connectivity index (χ1) is 6.22. The van der Waals surface area contributed by atoms with Gasteiger partial charge in [-0.1, -0.05) is 12.1 Å². The molecule has 0 aliphatic heterocycles. The van der Waals surface area contributed by atoms with E-state index < -0.39 is 6.04 Å². The summed E-state index contributed by atoms with van der Waals surface area (Å²) in [5.74, 6) is 0.880. The molecule has 0 bridgehead atoms. The molecule has 2 unspecified atom stereocenters. The van der Waals surface area contributed by atoms with Crippen LogP contribution >= 0.6 is 0 Å². The molecule has 6 heteroatoms. The van der Waals surface area contributed by atoms with Gasteiger partial charge < -0.3 is 4.52 Å². The molecule has 0 radical (unpaired) electrons. The summed E-state index contributed by atoms with van der Waals surface area (Å²) in [6.45, 7) is 1.91. The standard InChI is InChI=1S/C7H9N3O3/c1-2-6-8-7(13-9-6)4-3-5(4)10(11)12/h4-5H,2-3H2,1H3. The molecule has 0 amide bonds. The quantitative estimate of drug-likeness (QED) is 0.510. The fourth-order valence-electron chi connectivity index (χ4n) is 1.24. The van der Waals surface area contributed by atoms with Crippen molar-refractivity contribution in [2.24, 2.45) is 0 Å². The highest BCUT2D eigenvalue weighted by atomic mass is 16.6. The van der Waals surface area contributed by atoms with Crippen molar-refractivity contribution in [2.45, 2.75) is 31.7 Å². The molecule has 70 valence electrons. The van der Waals surface area contributed by atoms with Crippen LogP contribution in [0.2, 0.25) is 0 Å². The van der Waals surface area contributed by atoms with Gasteiger partial charge in [0.15, 0.2) is 5.82 Å². The number of nitro groups is 1. The Bertz CT molecular complexity index is 335. The lowest BCUT2D eigenvalue weighted by Gasteiger charge is -1.85. The molecule has 1 aromatic heterocycles. The molecule has 0 spiro atoms. The van der Waals surface area contributed by atoms with E-state index in [1.54, 1.807) is 0 Å². The van der Waals surface area contributed by atoms with Gasteiger partial charge in [0.05, 0.1) is 0 Å². The lowest BCUT2D eigenvalue weighted by Crippen LogP contribution is -2.02. The predicted molar refractivity (Wildman–Crippen MR) is 41.8 cm³/mol. The first-order valence-electron chi connectivity index (χ1n) is 4.18. The van der Waals surface area contributed by atoms with Crippen molar-refractivity contribution < 1.29 is 9.45 Å². The monoisotopic (exact) mass is 183 g/mol. The molecule has 13 heavy (non-hydrogen) atoms. The molecule has 2 rings (SSSR count). The van der Waals surface area contributed by atoms with E-state index >= 15 is 0 Å². The zero-order chi connectivity index (χ0) is 9.42. The summed E-state index contributed by atoms with van der Waals surface area (Å²) >= 11 is 0. The third-order valence-electron chi connectivity index (χ3n) is 2.14. The molecule has 0 saturated heterocycles. The van der Waals surface area contributed by atoms with Crippen molar-refractivity contribution in [3.8, 4) is 0 Å². The first kappa shape index (κ1) is 8.15. The molecule has 1 saturated carbocycles. The molecular weight excluding hydrogens is 174 g/mol. The second kappa shape index (κ2) is 2.79. The Hall–Kier alpha value is -1.46. The van der Waals surface area contributed by atoms with Crippen LogP contribution in [0.4, 0.5) is 0 Å². The molecule has 1 aromatic rings.